The van der Waals surface area contributed by atoms with E-state index in [2.05, 4.69) is 16.4 Å². The van der Waals surface area contributed by atoms with Crippen LogP contribution in [0.5, 0.6) is 5.75 Å². The van der Waals surface area contributed by atoms with Crippen LogP contribution in [0.25, 0.3) is 11.5 Å². The molecule has 0 fully saturated rings. The molecular weight excluding hydrogens is 319 g/mol. The molecule has 3 rings (SSSR count). The van der Waals surface area contributed by atoms with E-state index in [9.17, 15) is 4.39 Å². The average molecular weight is 340 g/mol. The number of nitrogens with one attached hydrogen (secondary N) is 1. The number of hydrogen-bond donors (Lipinski definition) is 1. The smallest absolute Gasteiger partial charge is 0.226 e. The molecule has 0 aliphatic rings. The molecule has 1 N–H and O–H groups in total. The van der Waals surface area contributed by atoms with Gasteiger partial charge in [0.05, 0.1) is 12.3 Å². The number of aromatic nitrogens is 1. The normalized spacial score (nSPS) is 10.8. The fourth-order valence-electron chi connectivity index (χ4n) is 2.51. The number of halogens is 1. The third-order valence-electron chi connectivity index (χ3n) is 3.74. The summed E-state index contributed by atoms with van der Waals surface area (Å²) in [5.41, 5.74) is 2.82. The average Bonchev–Trinajstić information content (AvgIpc) is 3.09. The van der Waals surface area contributed by atoms with Crippen LogP contribution in [-0.2, 0) is 13.0 Å². The van der Waals surface area contributed by atoms with Crippen LogP contribution in [-0.4, -0.2) is 18.1 Å². The van der Waals surface area contributed by atoms with E-state index in [1.54, 1.807) is 18.4 Å². The standard InChI is InChI=1S/C20H21FN2O2/c1-2-24-19-5-3-4-15(12-19)13-22-11-10-18-14-25-20(23-18)16-6-8-17(21)9-7-16/h3-9,12,14,22H,2,10-11,13H2,1H3. The highest BCUT2D eigenvalue weighted by Crippen LogP contribution is 2.19. The van der Waals surface area contributed by atoms with Crippen molar-refractivity contribution in [2.24, 2.45) is 0 Å². The van der Waals surface area contributed by atoms with Gasteiger partial charge in [0, 0.05) is 25.1 Å². The first-order valence-electron chi connectivity index (χ1n) is 8.37. The van der Waals surface area contributed by atoms with Crippen molar-refractivity contribution in [3.63, 3.8) is 0 Å². The Balaban J connectivity index is 1.48. The summed E-state index contributed by atoms with van der Waals surface area (Å²) < 4.78 is 23.9. The second-order valence-corrected chi connectivity index (χ2v) is 5.66. The maximum Gasteiger partial charge on any atom is 0.226 e. The zero-order valence-electron chi connectivity index (χ0n) is 14.2. The molecule has 3 aromatic rings. The molecule has 0 amide bonds. The molecule has 4 nitrogen and oxygen atoms in total. The van der Waals surface area contributed by atoms with E-state index in [1.807, 2.05) is 25.1 Å². The van der Waals surface area contributed by atoms with E-state index in [-0.39, 0.29) is 5.82 Å². The number of hydrogen-bond acceptors (Lipinski definition) is 4. The van der Waals surface area contributed by atoms with E-state index < -0.39 is 0 Å². The van der Waals surface area contributed by atoms with Crippen molar-refractivity contribution in [2.45, 2.75) is 19.9 Å². The first-order chi connectivity index (χ1) is 12.2. The molecule has 0 aliphatic heterocycles. The minimum Gasteiger partial charge on any atom is -0.494 e. The van der Waals surface area contributed by atoms with Gasteiger partial charge in [-0.2, -0.15) is 0 Å². The van der Waals surface area contributed by atoms with Crippen molar-refractivity contribution < 1.29 is 13.5 Å². The summed E-state index contributed by atoms with van der Waals surface area (Å²) in [6.07, 6.45) is 2.41. The van der Waals surface area contributed by atoms with Gasteiger partial charge in [-0.15, -0.1) is 0 Å². The topological polar surface area (TPSA) is 47.3 Å². The number of ether oxygens (including phenoxy) is 1. The molecule has 0 atom stereocenters. The third kappa shape index (κ3) is 4.90. The second kappa shape index (κ2) is 8.44. The van der Waals surface area contributed by atoms with Crippen molar-refractivity contribution in [3.8, 4) is 17.2 Å². The fourth-order valence-corrected chi connectivity index (χ4v) is 2.51. The SMILES string of the molecule is CCOc1cccc(CNCCc2coc(-c3ccc(F)cc3)n2)c1. The lowest BCUT2D eigenvalue weighted by Crippen LogP contribution is -2.16. The van der Waals surface area contributed by atoms with Gasteiger partial charge >= 0.3 is 0 Å². The van der Waals surface area contributed by atoms with Crippen LogP contribution in [0.3, 0.4) is 0 Å². The highest BCUT2D eigenvalue weighted by atomic mass is 19.1. The van der Waals surface area contributed by atoms with Gasteiger partial charge in [-0.05, 0) is 48.9 Å². The van der Waals surface area contributed by atoms with Gasteiger partial charge in [0.25, 0.3) is 0 Å². The second-order valence-electron chi connectivity index (χ2n) is 5.66. The van der Waals surface area contributed by atoms with E-state index in [4.69, 9.17) is 9.15 Å². The molecule has 5 heteroatoms. The largest absolute Gasteiger partial charge is 0.494 e. The zero-order valence-corrected chi connectivity index (χ0v) is 14.2. The molecule has 0 saturated carbocycles. The monoisotopic (exact) mass is 340 g/mol. The molecule has 2 aromatic carbocycles. The van der Waals surface area contributed by atoms with Crippen LogP contribution >= 0.6 is 0 Å². The minimum absolute atomic E-state index is 0.270. The van der Waals surface area contributed by atoms with Gasteiger partial charge in [-0.25, -0.2) is 9.37 Å². The molecule has 0 radical (unpaired) electrons. The molecule has 0 aliphatic carbocycles. The van der Waals surface area contributed by atoms with Gasteiger partial charge in [-0.1, -0.05) is 12.1 Å². The lowest BCUT2D eigenvalue weighted by Gasteiger charge is -2.07. The van der Waals surface area contributed by atoms with Crippen molar-refractivity contribution >= 4 is 0 Å². The van der Waals surface area contributed by atoms with Crippen molar-refractivity contribution in [1.82, 2.24) is 10.3 Å². The minimum atomic E-state index is -0.270. The summed E-state index contributed by atoms with van der Waals surface area (Å²) in [5.74, 6) is 1.13. The number of benzene rings is 2. The van der Waals surface area contributed by atoms with Gasteiger partial charge in [-0.3, -0.25) is 0 Å². The van der Waals surface area contributed by atoms with Crippen LogP contribution in [0, 0.1) is 5.82 Å². The third-order valence-corrected chi connectivity index (χ3v) is 3.74. The summed E-state index contributed by atoms with van der Waals surface area (Å²) in [4.78, 5) is 4.44. The molecule has 1 heterocycles. The van der Waals surface area contributed by atoms with E-state index in [0.29, 0.717) is 12.5 Å². The Hall–Kier alpha value is -2.66. The van der Waals surface area contributed by atoms with Crippen LogP contribution in [0.1, 0.15) is 18.2 Å². The summed E-state index contributed by atoms with van der Waals surface area (Å²) in [6, 6.07) is 14.2. The highest BCUT2D eigenvalue weighted by molar-refractivity contribution is 5.52. The van der Waals surface area contributed by atoms with Crippen molar-refractivity contribution in [2.75, 3.05) is 13.2 Å². The van der Waals surface area contributed by atoms with Crippen molar-refractivity contribution in [3.05, 3.63) is 71.9 Å². The predicted molar refractivity (Wildman–Crippen MR) is 94.9 cm³/mol. The lowest BCUT2D eigenvalue weighted by atomic mass is 10.2. The maximum atomic E-state index is 13.0. The molecule has 0 spiro atoms. The van der Waals surface area contributed by atoms with Crippen molar-refractivity contribution in [1.29, 1.82) is 0 Å². The molecule has 130 valence electrons. The number of oxazole rings is 1. The Morgan fingerprint density at radius 3 is 2.80 bits per heavy atom. The molecule has 0 saturated heterocycles. The summed E-state index contributed by atoms with van der Waals surface area (Å²) in [7, 11) is 0. The molecule has 0 unspecified atom stereocenters. The Bertz CT molecular complexity index is 799. The first-order valence-corrected chi connectivity index (χ1v) is 8.37. The van der Waals surface area contributed by atoms with Crippen LogP contribution in [0.2, 0.25) is 0 Å². The Morgan fingerprint density at radius 1 is 1.16 bits per heavy atom. The van der Waals surface area contributed by atoms with Crippen LogP contribution in [0.15, 0.2) is 59.2 Å². The first kappa shape index (κ1) is 17.2. The molecule has 0 bridgehead atoms. The van der Waals surface area contributed by atoms with E-state index in [0.717, 1.165) is 36.5 Å². The molecule has 1 aromatic heterocycles. The van der Waals surface area contributed by atoms with E-state index >= 15 is 0 Å². The molecular formula is C20H21FN2O2. The van der Waals surface area contributed by atoms with Gasteiger partial charge < -0.3 is 14.5 Å². The Morgan fingerprint density at radius 2 is 2.00 bits per heavy atom. The van der Waals surface area contributed by atoms with Gasteiger partial charge in [0.1, 0.15) is 17.8 Å². The van der Waals surface area contributed by atoms with Crippen LogP contribution < -0.4 is 10.1 Å². The summed E-state index contributed by atoms with van der Waals surface area (Å²) >= 11 is 0. The van der Waals surface area contributed by atoms with E-state index in [1.165, 1.54) is 17.7 Å². The lowest BCUT2D eigenvalue weighted by molar-refractivity contribution is 0.340. The van der Waals surface area contributed by atoms with Gasteiger partial charge in [0.2, 0.25) is 5.89 Å². The zero-order chi connectivity index (χ0) is 17.5. The Kier molecular flexibility index (Phi) is 5.80. The van der Waals surface area contributed by atoms with Gasteiger partial charge in [0.15, 0.2) is 0 Å². The number of rotatable bonds is 8. The summed E-state index contributed by atoms with van der Waals surface area (Å²) in [6.45, 7) is 4.19. The quantitative estimate of drug-likeness (QED) is 0.624. The number of nitrogens with zero attached hydrogens (tertiary/aromatic N) is 1. The predicted octanol–water partition coefficient (Wildman–Crippen LogP) is 4.21. The van der Waals surface area contributed by atoms with Crippen LogP contribution in [0.4, 0.5) is 4.39 Å². The summed E-state index contributed by atoms with van der Waals surface area (Å²) in [5, 5.41) is 3.39. The maximum absolute atomic E-state index is 13.0. The Labute approximate surface area is 146 Å². The fraction of sp³-hybridized carbons (Fsp3) is 0.250. The molecule has 25 heavy (non-hydrogen) atoms. The highest BCUT2D eigenvalue weighted by Gasteiger charge is 2.06.